The molecule has 0 bridgehead atoms. The standard InChI is InChI=1S/C24H30N2O3.CH4/c1-5-18(12-23(27)28)19-8-10-22(11-9-19)29-15-21-7-6-20(13-25)24(17(21)4)26-14-16(2)3;/h1,6-11,16,18,26H,12-15,25H2,2-4H3,(H,27,28);1H4/t18-;/m0./s1. The molecule has 5 heteroatoms. The van der Waals surface area contributed by atoms with E-state index in [1.54, 1.807) is 0 Å². The highest BCUT2D eigenvalue weighted by molar-refractivity contribution is 5.69. The zero-order valence-electron chi connectivity index (χ0n) is 17.4. The molecule has 0 aliphatic heterocycles. The van der Waals surface area contributed by atoms with Crippen LogP contribution in [0, 0.1) is 25.2 Å². The highest BCUT2D eigenvalue weighted by Crippen LogP contribution is 2.27. The number of anilines is 1. The van der Waals surface area contributed by atoms with E-state index in [9.17, 15) is 4.79 Å². The Morgan fingerprint density at radius 3 is 2.37 bits per heavy atom. The van der Waals surface area contributed by atoms with Crippen LogP contribution in [0.3, 0.4) is 0 Å². The molecule has 1 atom stereocenters. The quantitative estimate of drug-likeness (QED) is 0.484. The monoisotopic (exact) mass is 410 g/mol. The van der Waals surface area contributed by atoms with Gasteiger partial charge in [0.15, 0.2) is 0 Å². The number of carbonyl (C=O) groups is 1. The molecule has 0 aliphatic rings. The van der Waals surface area contributed by atoms with Gasteiger partial charge in [-0.3, -0.25) is 4.79 Å². The van der Waals surface area contributed by atoms with Crippen LogP contribution in [0.15, 0.2) is 36.4 Å². The van der Waals surface area contributed by atoms with Gasteiger partial charge in [0, 0.05) is 18.8 Å². The number of carboxylic acids is 1. The van der Waals surface area contributed by atoms with Gasteiger partial charge in [0.05, 0.1) is 12.3 Å². The van der Waals surface area contributed by atoms with Crippen LogP contribution < -0.4 is 15.8 Å². The first kappa shape index (κ1) is 25.1. The lowest BCUT2D eigenvalue weighted by Gasteiger charge is -2.19. The Morgan fingerprint density at radius 2 is 1.83 bits per heavy atom. The van der Waals surface area contributed by atoms with Crippen molar-refractivity contribution >= 4 is 11.7 Å². The summed E-state index contributed by atoms with van der Waals surface area (Å²) in [4.78, 5) is 10.9. The molecule has 0 fully saturated rings. The van der Waals surface area contributed by atoms with Gasteiger partial charge in [0.25, 0.3) is 0 Å². The fourth-order valence-electron chi connectivity index (χ4n) is 3.09. The smallest absolute Gasteiger partial charge is 0.304 e. The minimum atomic E-state index is -0.911. The number of carboxylic acid groups (broad SMARTS) is 1. The lowest BCUT2D eigenvalue weighted by molar-refractivity contribution is -0.137. The second-order valence-electron chi connectivity index (χ2n) is 7.54. The van der Waals surface area contributed by atoms with Gasteiger partial charge in [0.2, 0.25) is 0 Å². The van der Waals surface area contributed by atoms with Crippen molar-refractivity contribution in [1.82, 2.24) is 0 Å². The van der Waals surface area contributed by atoms with Crippen molar-refractivity contribution in [1.29, 1.82) is 0 Å². The third-order valence-corrected chi connectivity index (χ3v) is 4.83. The average Bonchev–Trinajstić information content (AvgIpc) is 2.70. The second-order valence-corrected chi connectivity index (χ2v) is 7.54. The first-order valence-electron chi connectivity index (χ1n) is 9.81. The predicted molar refractivity (Wildman–Crippen MR) is 124 cm³/mol. The summed E-state index contributed by atoms with van der Waals surface area (Å²) in [7, 11) is 0. The molecule has 0 radical (unpaired) electrons. The summed E-state index contributed by atoms with van der Waals surface area (Å²) in [5.41, 5.74) is 11.1. The van der Waals surface area contributed by atoms with Gasteiger partial charge < -0.3 is 20.9 Å². The number of hydrogen-bond donors (Lipinski definition) is 3. The van der Waals surface area contributed by atoms with Crippen LogP contribution in [0.5, 0.6) is 5.75 Å². The molecule has 0 spiro atoms. The van der Waals surface area contributed by atoms with Gasteiger partial charge in [-0.2, -0.15) is 0 Å². The second kappa shape index (κ2) is 11.9. The van der Waals surface area contributed by atoms with Crippen molar-refractivity contribution in [3.8, 4) is 18.1 Å². The highest BCUT2D eigenvalue weighted by Gasteiger charge is 2.13. The summed E-state index contributed by atoms with van der Waals surface area (Å²) >= 11 is 0. The Balaban J connectivity index is 0.00000450. The SMILES string of the molecule is C.C#C[C@@H](CC(=O)O)c1ccc(OCc2ccc(CN)c(NCC(C)C)c2C)cc1. The van der Waals surface area contributed by atoms with Crippen molar-refractivity contribution in [3.05, 3.63) is 58.7 Å². The number of ether oxygens (including phenoxy) is 1. The molecular weight excluding hydrogens is 376 g/mol. The van der Waals surface area contributed by atoms with E-state index in [0.29, 0.717) is 24.8 Å². The molecule has 0 amide bonds. The van der Waals surface area contributed by atoms with Crippen molar-refractivity contribution in [2.75, 3.05) is 11.9 Å². The lowest BCUT2D eigenvalue weighted by Crippen LogP contribution is -2.13. The van der Waals surface area contributed by atoms with E-state index >= 15 is 0 Å². The largest absolute Gasteiger partial charge is 0.489 e. The maximum atomic E-state index is 10.9. The van der Waals surface area contributed by atoms with E-state index in [4.69, 9.17) is 22.0 Å². The molecule has 0 heterocycles. The molecule has 0 saturated carbocycles. The molecule has 0 unspecified atom stereocenters. The van der Waals surface area contributed by atoms with E-state index in [2.05, 4.69) is 32.0 Å². The van der Waals surface area contributed by atoms with Crippen molar-refractivity contribution < 1.29 is 14.6 Å². The van der Waals surface area contributed by atoms with Crippen LogP contribution in [-0.4, -0.2) is 17.6 Å². The first-order chi connectivity index (χ1) is 13.8. The average molecular weight is 411 g/mol. The molecule has 2 rings (SSSR count). The van der Waals surface area contributed by atoms with E-state index in [1.165, 1.54) is 0 Å². The summed E-state index contributed by atoms with van der Waals surface area (Å²) in [6.45, 7) is 8.21. The normalized spacial score (nSPS) is 11.3. The molecule has 0 aliphatic carbocycles. The maximum absolute atomic E-state index is 10.9. The fraction of sp³-hybridized carbons (Fsp3) is 0.400. The van der Waals surface area contributed by atoms with E-state index in [-0.39, 0.29) is 13.8 Å². The van der Waals surface area contributed by atoms with Crippen molar-refractivity contribution in [2.45, 2.75) is 53.7 Å². The number of terminal acetylenes is 1. The predicted octanol–water partition coefficient (Wildman–Crippen LogP) is 4.93. The topological polar surface area (TPSA) is 84.6 Å². The molecule has 2 aromatic carbocycles. The Morgan fingerprint density at radius 1 is 1.20 bits per heavy atom. The summed E-state index contributed by atoms with van der Waals surface area (Å²) in [5.74, 6) is 2.42. The minimum absolute atomic E-state index is 0. The fourth-order valence-corrected chi connectivity index (χ4v) is 3.09. The molecule has 30 heavy (non-hydrogen) atoms. The number of aliphatic carboxylic acids is 1. The minimum Gasteiger partial charge on any atom is -0.489 e. The summed E-state index contributed by atoms with van der Waals surface area (Å²) in [5, 5.41) is 12.5. The van der Waals surface area contributed by atoms with Crippen LogP contribution in [-0.2, 0) is 17.9 Å². The number of nitrogens with one attached hydrogen (secondary N) is 1. The third-order valence-electron chi connectivity index (χ3n) is 4.83. The van der Waals surface area contributed by atoms with Gasteiger partial charge in [-0.05, 0) is 47.2 Å². The summed E-state index contributed by atoms with van der Waals surface area (Å²) in [6, 6.07) is 11.4. The molecular formula is C25H34N2O3. The molecule has 0 aromatic heterocycles. The molecule has 2 aromatic rings. The van der Waals surface area contributed by atoms with Crippen LogP contribution in [0.1, 0.15) is 55.9 Å². The molecule has 4 N–H and O–H groups in total. The van der Waals surface area contributed by atoms with Crippen molar-refractivity contribution in [3.63, 3.8) is 0 Å². The Bertz CT molecular complexity index is 867. The number of benzene rings is 2. The highest BCUT2D eigenvalue weighted by atomic mass is 16.5. The van der Waals surface area contributed by atoms with Gasteiger partial charge >= 0.3 is 5.97 Å². The lowest BCUT2D eigenvalue weighted by atomic mass is 9.97. The number of hydrogen-bond acceptors (Lipinski definition) is 4. The van der Waals surface area contributed by atoms with Gasteiger partial charge in [-0.25, -0.2) is 0 Å². The zero-order chi connectivity index (χ0) is 21.4. The summed E-state index contributed by atoms with van der Waals surface area (Å²) in [6.07, 6.45) is 5.38. The number of nitrogens with two attached hydrogens (primary N) is 1. The van der Waals surface area contributed by atoms with Gasteiger partial charge in [-0.15, -0.1) is 6.42 Å². The first-order valence-corrected chi connectivity index (χ1v) is 9.81. The van der Waals surface area contributed by atoms with E-state index in [0.717, 1.165) is 34.5 Å². The van der Waals surface area contributed by atoms with Crippen LogP contribution in [0.25, 0.3) is 0 Å². The Kier molecular flexibility index (Phi) is 9.94. The van der Waals surface area contributed by atoms with Crippen LogP contribution >= 0.6 is 0 Å². The molecule has 0 saturated heterocycles. The van der Waals surface area contributed by atoms with Crippen LogP contribution in [0.4, 0.5) is 5.69 Å². The third kappa shape index (κ3) is 6.82. The molecule has 5 nitrogen and oxygen atoms in total. The zero-order valence-corrected chi connectivity index (χ0v) is 17.4. The Labute approximate surface area is 180 Å². The molecule has 162 valence electrons. The number of rotatable bonds is 10. The summed E-state index contributed by atoms with van der Waals surface area (Å²) < 4.78 is 5.95. The van der Waals surface area contributed by atoms with Gasteiger partial charge in [0.1, 0.15) is 12.4 Å². The maximum Gasteiger partial charge on any atom is 0.304 e. The van der Waals surface area contributed by atoms with E-state index in [1.807, 2.05) is 36.4 Å². The van der Waals surface area contributed by atoms with Crippen molar-refractivity contribution in [2.24, 2.45) is 11.7 Å². The van der Waals surface area contributed by atoms with Gasteiger partial charge in [-0.1, -0.05) is 51.5 Å². The van der Waals surface area contributed by atoms with E-state index < -0.39 is 11.9 Å². The van der Waals surface area contributed by atoms with Crippen LogP contribution in [0.2, 0.25) is 0 Å². The Hall–Kier alpha value is -2.97.